The van der Waals surface area contributed by atoms with E-state index in [0.29, 0.717) is 17.7 Å². The maximum atomic E-state index is 14.2. The summed E-state index contributed by atoms with van der Waals surface area (Å²) < 4.78 is 23.7. The van der Waals surface area contributed by atoms with Crippen LogP contribution in [-0.2, 0) is 6.61 Å². The Labute approximate surface area is 179 Å². The zero-order valence-corrected chi connectivity index (χ0v) is 18.4. The first-order valence-corrected chi connectivity index (χ1v) is 10.3. The van der Waals surface area contributed by atoms with Gasteiger partial charge in [-0.3, -0.25) is 5.32 Å². The minimum absolute atomic E-state index is 0.0596. The van der Waals surface area contributed by atoms with Crippen molar-refractivity contribution in [1.29, 1.82) is 0 Å². The zero-order chi connectivity index (χ0) is 22.3. The first-order chi connectivity index (χ1) is 14.2. The van der Waals surface area contributed by atoms with Gasteiger partial charge in [-0.15, -0.1) is 0 Å². The van der Waals surface area contributed by atoms with E-state index in [1.165, 1.54) is 6.07 Å². The van der Waals surface area contributed by atoms with Crippen LogP contribution < -0.4 is 15.4 Å². The van der Waals surface area contributed by atoms with Crippen molar-refractivity contribution in [3.8, 4) is 5.88 Å². The quantitative estimate of drug-likeness (QED) is 0.490. The molecule has 0 radical (unpaired) electrons. The van der Waals surface area contributed by atoms with Crippen LogP contribution in [0.2, 0.25) is 0 Å². The average molecular weight is 439 g/mol. The molecule has 0 fully saturated rings. The number of benzene rings is 1. The molecule has 1 aromatic heterocycles. The molecule has 0 spiro atoms. The van der Waals surface area contributed by atoms with Gasteiger partial charge >= 0.3 is 12.0 Å². The lowest BCUT2D eigenvalue weighted by atomic mass is 10.1. The number of carboxylic acids is 1. The molecule has 2 aromatic rings. The number of carbonyl (C=O) groups is 2. The maximum absolute atomic E-state index is 14.2. The number of aromatic nitrogens is 1. The minimum Gasteiger partial charge on any atom is -0.477 e. The highest BCUT2D eigenvalue weighted by Crippen LogP contribution is 2.31. The molecule has 2 amide bonds. The second-order valence-corrected chi connectivity index (χ2v) is 7.99. The van der Waals surface area contributed by atoms with Gasteiger partial charge in [0.15, 0.2) is 5.56 Å². The van der Waals surface area contributed by atoms with Crippen LogP contribution in [-0.4, -0.2) is 53.6 Å². The molecule has 0 saturated heterocycles. The summed E-state index contributed by atoms with van der Waals surface area (Å²) in [6.07, 6.45) is 1.73. The lowest BCUT2D eigenvalue weighted by Crippen LogP contribution is -2.30. The fourth-order valence-corrected chi connectivity index (χ4v) is 3.54. The summed E-state index contributed by atoms with van der Waals surface area (Å²) in [5.41, 5.74) is 1.56. The number of aromatic carboxylic acids is 1. The van der Waals surface area contributed by atoms with Gasteiger partial charge in [-0.2, -0.15) is 4.37 Å². The monoisotopic (exact) mass is 438 g/mol. The van der Waals surface area contributed by atoms with Gasteiger partial charge in [0, 0.05) is 12.1 Å². The number of halogens is 1. The minimum atomic E-state index is -1.29. The predicted octanol–water partition coefficient (Wildman–Crippen LogP) is 3.64. The van der Waals surface area contributed by atoms with Gasteiger partial charge < -0.3 is 20.1 Å². The van der Waals surface area contributed by atoms with Crippen LogP contribution in [0.25, 0.3) is 0 Å². The summed E-state index contributed by atoms with van der Waals surface area (Å²) in [4.78, 5) is 25.8. The number of hydrogen-bond acceptors (Lipinski definition) is 6. The molecule has 1 aromatic carbocycles. The lowest BCUT2D eigenvalue weighted by Gasteiger charge is -2.11. The largest absolute Gasteiger partial charge is 0.477 e. The van der Waals surface area contributed by atoms with Crippen LogP contribution in [0.15, 0.2) is 12.1 Å². The van der Waals surface area contributed by atoms with E-state index in [4.69, 9.17) is 4.74 Å². The van der Waals surface area contributed by atoms with Gasteiger partial charge in [0.25, 0.3) is 0 Å². The van der Waals surface area contributed by atoms with E-state index >= 15 is 0 Å². The van der Waals surface area contributed by atoms with Crippen molar-refractivity contribution in [3.05, 3.63) is 40.2 Å². The van der Waals surface area contributed by atoms with Crippen molar-refractivity contribution in [2.75, 3.05) is 32.5 Å². The van der Waals surface area contributed by atoms with Crippen molar-refractivity contribution >= 4 is 28.5 Å². The van der Waals surface area contributed by atoms with E-state index in [1.807, 2.05) is 20.2 Å². The maximum Gasteiger partial charge on any atom is 0.344 e. The number of aryl methyl sites for hydroxylation is 2. The van der Waals surface area contributed by atoms with Gasteiger partial charge in [0.2, 0.25) is 5.88 Å². The SMILES string of the molecule is Cc1cc(C)c(COc2nsc(NC(=O)NCCCCN(C)C)c2C(=O)O)c(F)c1. The number of nitrogens with one attached hydrogen (secondary N) is 2. The summed E-state index contributed by atoms with van der Waals surface area (Å²) in [5, 5.41) is 14.8. The molecule has 0 atom stereocenters. The van der Waals surface area contributed by atoms with Gasteiger partial charge in [0.05, 0.1) is 0 Å². The number of anilines is 1. The van der Waals surface area contributed by atoms with Crippen molar-refractivity contribution < 1.29 is 23.8 Å². The first kappa shape index (κ1) is 23.6. The third-order valence-corrected chi connectivity index (χ3v) is 5.08. The molecule has 0 unspecified atom stereocenters. The van der Waals surface area contributed by atoms with E-state index in [9.17, 15) is 19.1 Å². The highest BCUT2D eigenvalue weighted by Gasteiger charge is 2.24. The smallest absolute Gasteiger partial charge is 0.344 e. The molecular formula is C20H27FN4O4S. The number of urea groups is 1. The van der Waals surface area contributed by atoms with Crippen molar-refractivity contribution in [1.82, 2.24) is 14.6 Å². The van der Waals surface area contributed by atoms with Crippen LogP contribution >= 0.6 is 11.5 Å². The zero-order valence-electron chi connectivity index (χ0n) is 17.5. The van der Waals surface area contributed by atoms with Crippen molar-refractivity contribution in [2.24, 2.45) is 0 Å². The number of nitrogens with zero attached hydrogens (tertiary/aromatic N) is 2. The van der Waals surface area contributed by atoms with E-state index in [1.54, 1.807) is 13.8 Å². The number of hydrogen-bond donors (Lipinski definition) is 3. The van der Waals surface area contributed by atoms with Crippen LogP contribution in [0.4, 0.5) is 14.2 Å². The molecule has 0 aliphatic carbocycles. The highest BCUT2D eigenvalue weighted by atomic mass is 32.1. The highest BCUT2D eigenvalue weighted by molar-refractivity contribution is 7.11. The van der Waals surface area contributed by atoms with E-state index in [2.05, 4.69) is 19.9 Å². The van der Waals surface area contributed by atoms with Crippen molar-refractivity contribution in [3.63, 3.8) is 0 Å². The van der Waals surface area contributed by atoms with Crippen molar-refractivity contribution in [2.45, 2.75) is 33.3 Å². The summed E-state index contributed by atoms with van der Waals surface area (Å²) in [5.74, 6) is -1.87. The number of ether oxygens (including phenoxy) is 1. The van der Waals surface area contributed by atoms with E-state index in [0.717, 1.165) is 36.5 Å². The van der Waals surface area contributed by atoms with Crippen LogP contribution in [0, 0.1) is 19.7 Å². The number of carboxylic acid groups (broad SMARTS) is 1. The first-order valence-electron chi connectivity index (χ1n) is 9.50. The Morgan fingerprint density at radius 3 is 2.63 bits per heavy atom. The molecule has 164 valence electrons. The van der Waals surface area contributed by atoms with Gasteiger partial charge in [-0.25, -0.2) is 14.0 Å². The molecule has 3 N–H and O–H groups in total. The summed E-state index contributed by atoms with van der Waals surface area (Å²) >= 11 is 0.798. The van der Waals surface area contributed by atoms with Gasteiger partial charge in [-0.1, -0.05) is 6.07 Å². The molecule has 0 bridgehead atoms. The second kappa shape index (κ2) is 10.9. The molecule has 30 heavy (non-hydrogen) atoms. The molecule has 10 heteroatoms. The predicted molar refractivity (Wildman–Crippen MR) is 114 cm³/mol. The molecule has 2 rings (SSSR count). The van der Waals surface area contributed by atoms with E-state index in [-0.39, 0.29) is 23.1 Å². The average Bonchev–Trinajstić information content (AvgIpc) is 3.02. The van der Waals surface area contributed by atoms with Gasteiger partial charge in [-0.05, 0) is 76.1 Å². The molecule has 0 aliphatic heterocycles. The molecular weight excluding hydrogens is 411 g/mol. The Hall–Kier alpha value is -2.72. The normalized spacial score (nSPS) is 10.9. The number of amides is 2. The Bertz CT molecular complexity index is 878. The standard InChI is InChI=1S/C20H27FN4O4S/c1-12-9-13(2)14(15(21)10-12)11-29-17-16(19(26)27)18(30-24-17)23-20(28)22-7-5-6-8-25(3)4/h9-10H,5-8,11H2,1-4H3,(H,26,27)(H2,22,23,28). The Balaban J connectivity index is 2.00. The van der Waals surface area contributed by atoms with Crippen LogP contribution in [0.3, 0.4) is 0 Å². The summed E-state index contributed by atoms with van der Waals surface area (Å²) in [6, 6.07) is 2.69. The topological polar surface area (TPSA) is 104 Å². The van der Waals surface area contributed by atoms with Gasteiger partial charge in [0.1, 0.15) is 17.4 Å². The third-order valence-electron chi connectivity index (χ3n) is 4.34. The number of unbranched alkanes of at least 4 members (excludes halogenated alkanes) is 1. The summed E-state index contributed by atoms with van der Waals surface area (Å²) in [7, 11) is 3.96. The fourth-order valence-electron chi connectivity index (χ4n) is 2.82. The van der Waals surface area contributed by atoms with Crippen LogP contribution in [0.1, 0.15) is 39.9 Å². The molecule has 0 aliphatic rings. The van der Waals surface area contributed by atoms with Crippen LogP contribution in [0.5, 0.6) is 5.88 Å². The fraction of sp³-hybridized carbons (Fsp3) is 0.450. The Kier molecular flexibility index (Phi) is 8.55. The third kappa shape index (κ3) is 6.67. The number of rotatable bonds is 10. The van der Waals surface area contributed by atoms with E-state index < -0.39 is 17.8 Å². The second-order valence-electron chi connectivity index (χ2n) is 7.22. The number of carbonyl (C=O) groups excluding carboxylic acids is 1. The lowest BCUT2D eigenvalue weighted by molar-refractivity contribution is 0.0693. The Morgan fingerprint density at radius 1 is 1.27 bits per heavy atom. The molecule has 1 heterocycles. The Morgan fingerprint density at radius 2 is 2.00 bits per heavy atom. The molecule has 8 nitrogen and oxygen atoms in total. The summed E-state index contributed by atoms with van der Waals surface area (Å²) in [6.45, 7) is 4.76. The molecule has 0 saturated carbocycles.